The lowest BCUT2D eigenvalue weighted by atomic mass is 9.82. The third kappa shape index (κ3) is 3.95. The highest BCUT2D eigenvalue weighted by Crippen LogP contribution is 2.30. The lowest BCUT2D eigenvalue weighted by Crippen LogP contribution is -2.26. The van der Waals surface area contributed by atoms with E-state index in [4.69, 9.17) is 27.9 Å². The number of halogens is 2. The fourth-order valence-electron chi connectivity index (χ4n) is 3.30. The van der Waals surface area contributed by atoms with Gasteiger partial charge in [-0.2, -0.15) is 0 Å². The van der Waals surface area contributed by atoms with E-state index in [1.165, 1.54) is 36.4 Å². The average molecular weight is 454 g/mol. The van der Waals surface area contributed by atoms with Gasteiger partial charge in [0.15, 0.2) is 18.2 Å². The summed E-state index contributed by atoms with van der Waals surface area (Å²) in [5.74, 6) is -2.35. The Morgan fingerprint density at radius 3 is 2.26 bits per heavy atom. The number of carbonyl (C=O) groups is 4. The minimum Gasteiger partial charge on any atom is -0.452 e. The highest BCUT2D eigenvalue weighted by atomic mass is 35.5. The topological polar surface area (TPSA) is 89.5 Å². The number of carbonyl (C=O) groups excluding carboxylic acids is 4. The predicted octanol–water partition coefficient (Wildman–Crippen LogP) is 4.56. The Balaban J connectivity index is 1.54. The normalized spacial score (nSPS) is 12.1. The molecule has 154 valence electrons. The maximum absolute atomic E-state index is 13.0. The van der Waals surface area contributed by atoms with Crippen LogP contribution >= 0.6 is 23.2 Å². The number of amides is 1. The maximum Gasteiger partial charge on any atom is 0.339 e. The molecule has 0 aliphatic heterocycles. The van der Waals surface area contributed by atoms with Crippen molar-refractivity contribution in [1.29, 1.82) is 0 Å². The van der Waals surface area contributed by atoms with Crippen molar-refractivity contribution in [2.75, 3.05) is 11.9 Å². The fraction of sp³-hybridized carbons (Fsp3) is 0.0435. The van der Waals surface area contributed by atoms with Crippen LogP contribution in [0.15, 0.2) is 60.7 Å². The smallest absolute Gasteiger partial charge is 0.339 e. The quantitative estimate of drug-likeness (QED) is 0.457. The molecule has 0 heterocycles. The summed E-state index contributed by atoms with van der Waals surface area (Å²) in [6.45, 7) is -0.621. The lowest BCUT2D eigenvalue weighted by molar-refractivity contribution is -0.119. The van der Waals surface area contributed by atoms with Gasteiger partial charge < -0.3 is 10.1 Å². The summed E-state index contributed by atoms with van der Waals surface area (Å²) < 4.78 is 5.08. The van der Waals surface area contributed by atoms with E-state index in [0.29, 0.717) is 5.02 Å². The molecule has 0 saturated heterocycles. The number of ether oxygens (including phenoxy) is 1. The Kier molecular flexibility index (Phi) is 5.59. The summed E-state index contributed by atoms with van der Waals surface area (Å²) in [5, 5.41) is 3.13. The molecule has 1 aliphatic carbocycles. The number of ketones is 2. The van der Waals surface area contributed by atoms with E-state index in [9.17, 15) is 19.2 Å². The van der Waals surface area contributed by atoms with Crippen molar-refractivity contribution in [1.82, 2.24) is 0 Å². The van der Waals surface area contributed by atoms with Crippen LogP contribution in [0.2, 0.25) is 10.0 Å². The predicted molar refractivity (Wildman–Crippen MR) is 115 cm³/mol. The maximum atomic E-state index is 13.0. The standard InChI is InChI=1S/C23H13Cl2NO5/c24-12-8-9-17(25)18(10-12)26-19(27)11-31-23(30)16-7-3-6-15-20(16)22(29)14-5-2-1-4-13(14)21(15)28/h1-10H,11H2,(H,26,27). The molecular formula is C23H13Cl2NO5. The summed E-state index contributed by atoms with van der Waals surface area (Å²) in [4.78, 5) is 50.5. The summed E-state index contributed by atoms with van der Waals surface area (Å²) in [7, 11) is 0. The average Bonchev–Trinajstić information content (AvgIpc) is 2.77. The minimum absolute atomic E-state index is 0.0329. The molecule has 1 amide bonds. The monoisotopic (exact) mass is 453 g/mol. The largest absolute Gasteiger partial charge is 0.452 e. The van der Waals surface area contributed by atoms with Crippen molar-refractivity contribution in [3.63, 3.8) is 0 Å². The number of anilines is 1. The molecule has 0 bridgehead atoms. The number of nitrogens with one attached hydrogen (secondary N) is 1. The molecule has 8 heteroatoms. The van der Waals surface area contributed by atoms with Gasteiger partial charge in [-0.3, -0.25) is 14.4 Å². The first-order valence-corrected chi connectivity index (χ1v) is 9.86. The number of fused-ring (bicyclic) bond motifs is 2. The van der Waals surface area contributed by atoms with Crippen molar-refractivity contribution >= 4 is 52.3 Å². The number of esters is 1. The highest BCUT2D eigenvalue weighted by Gasteiger charge is 2.33. The molecule has 6 nitrogen and oxygen atoms in total. The van der Waals surface area contributed by atoms with Crippen LogP contribution in [-0.2, 0) is 9.53 Å². The van der Waals surface area contributed by atoms with Crippen molar-refractivity contribution in [2.45, 2.75) is 0 Å². The van der Waals surface area contributed by atoms with Crippen LogP contribution in [0.25, 0.3) is 0 Å². The summed E-state index contributed by atoms with van der Waals surface area (Å²) in [6.07, 6.45) is 0. The van der Waals surface area contributed by atoms with Gasteiger partial charge in [0.05, 0.1) is 16.3 Å². The molecule has 0 aromatic heterocycles. The van der Waals surface area contributed by atoms with Gasteiger partial charge in [0.25, 0.3) is 5.91 Å². The van der Waals surface area contributed by atoms with Gasteiger partial charge in [0, 0.05) is 27.3 Å². The summed E-state index contributed by atoms with van der Waals surface area (Å²) >= 11 is 11.9. The zero-order valence-electron chi connectivity index (χ0n) is 15.8. The molecule has 3 aromatic carbocycles. The third-order valence-electron chi connectivity index (χ3n) is 4.71. The zero-order valence-corrected chi connectivity index (χ0v) is 17.3. The van der Waals surface area contributed by atoms with Crippen LogP contribution in [0, 0.1) is 0 Å². The second kappa shape index (κ2) is 8.34. The molecule has 31 heavy (non-hydrogen) atoms. The van der Waals surface area contributed by atoms with Gasteiger partial charge in [-0.25, -0.2) is 4.79 Å². The molecule has 0 radical (unpaired) electrons. The molecule has 0 saturated carbocycles. The molecule has 0 spiro atoms. The molecule has 3 aromatic rings. The first-order valence-electron chi connectivity index (χ1n) is 9.10. The Labute approximate surface area is 186 Å². The van der Waals surface area contributed by atoms with Crippen LogP contribution in [0.1, 0.15) is 42.2 Å². The highest BCUT2D eigenvalue weighted by molar-refractivity contribution is 6.35. The van der Waals surface area contributed by atoms with Gasteiger partial charge >= 0.3 is 5.97 Å². The van der Waals surface area contributed by atoms with E-state index in [-0.39, 0.29) is 44.3 Å². The number of rotatable bonds is 4. The molecule has 4 rings (SSSR count). The van der Waals surface area contributed by atoms with E-state index >= 15 is 0 Å². The van der Waals surface area contributed by atoms with Crippen LogP contribution in [0.4, 0.5) is 5.69 Å². The number of benzene rings is 3. The lowest BCUT2D eigenvalue weighted by Gasteiger charge is -2.19. The number of hydrogen-bond donors (Lipinski definition) is 1. The molecule has 0 atom stereocenters. The molecule has 1 aliphatic rings. The van der Waals surface area contributed by atoms with Crippen LogP contribution in [0.3, 0.4) is 0 Å². The minimum atomic E-state index is -0.898. The van der Waals surface area contributed by atoms with E-state index < -0.39 is 24.3 Å². The van der Waals surface area contributed by atoms with Gasteiger partial charge in [-0.1, -0.05) is 59.6 Å². The van der Waals surface area contributed by atoms with Crippen molar-refractivity contribution < 1.29 is 23.9 Å². The van der Waals surface area contributed by atoms with E-state index in [2.05, 4.69) is 5.32 Å². The van der Waals surface area contributed by atoms with Gasteiger partial charge in [0.2, 0.25) is 0 Å². The van der Waals surface area contributed by atoms with Crippen molar-refractivity contribution in [3.8, 4) is 0 Å². The van der Waals surface area contributed by atoms with E-state index in [1.807, 2.05) is 0 Å². The van der Waals surface area contributed by atoms with Crippen LogP contribution < -0.4 is 5.32 Å². The van der Waals surface area contributed by atoms with Gasteiger partial charge in [-0.05, 0) is 24.3 Å². The first-order chi connectivity index (χ1) is 14.9. The van der Waals surface area contributed by atoms with E-state index in [1.54, 1.807) is 24.3 Å². The Morgan fingerprint density at radius 2 is 1.52 bits per heavy atom. The van der Waals surface area contributed by atoms with Gasteiger partial charge in [0.1, 0.15) is 0 Å². The molecular weight excluding hydrogens is 441 g/mol. The molecule has 0 unspecified atom stereocenters. The third-order valence-corrected chi connectivity index (χ3v) is 5.27. The fourth-order valence-corrected chi connectivity index (χ4v) is 3.64. The number of hydrogen-bond acceptors (Lipinski definition) is 5. The van der Waals surface area contributed by atoms with Crippen LogP contribution in [0.5, 0.6) is 0 Å². The van der Waals surface area contributed by atoms with Crippen LogP contribution in [-0.4, -0.2) is 30.0 Å². The van der Waals surface area contributed by atoms with Gasteiger partial charge in [-0.15, -0.1) is 0 Å². The SMILES string of the molecule is O=C(COC(=O)c1cccc2c1C(=O)c1ccccc1C2=O)Nc1cc(Cl)ccc1Cl. The summed E-state index contributed by atoms with van der Waals surface area (Å²) in [5.41, 5.74) is 0.767. The first kappa shape index (κ1) is 20.8. The molecule has 1 N–H and O–H groups in total. The second-order valence-electron chi connectivity index (χ2n) is 6.68. The van der Waals surface area contributed by atoms with Crippen molar-refractivity contribution in [2.24, 2.45) is 0 Å². The summed E-state index contributed by atoms with van der Waals surface area (Å²) in [6, 6.07) is 15.3. The second-order valence-corrected chi connectivity index (χ2v) is 7.52. The van der Waals surface area contributed by atoms with E-state index in [0.717, 1.165) is 0 Å². The molecule has 0 fully saturated rings. The Bertz CT molecular complexity index is 1270. The zero-order chi connectivity index (χ0) is 22.1. The van der Waals surface area contributed by atoms with Crippen molar-refractivity contribution in [3.05, 3.63) is 98.5 Å². The Hall–Kier alpha value is -3.48. The Morgan fingerprint density at radius 1 is 0.839 bits per heavy atom.